The number of nitrogens with one attached hydrogen (secondary N) is 2. The van der Waals surface area contributed by atoms with Crippen molar-refractivity contribution in [1.29, 1.82) is 0 Å². The van der Waals surface area contributed by atoms with Crippen molar-refractivity contribution in [2.75, 3.05) is 25.0 Å². The van der Waals surface area contributed by atoms with E-state index in [0.29, 0.717) is 13.0 Å². The van der Waals surface area contributed by atoms with Crippen molar-refractivity contribution in [3.63, 3.8) is 0 Å². The van der Waals surface area contributed by atoms with Crippen LogP contribution in [0.5, 0.6) is 0 Å². The summed E-state index contributed by atoms with van der Waals surface area (Å²) in [5.41, 5.74) is 2.28. The van der Waals surface area contributed by atoms with Crippen LogP contribution in [0.1, 0.15) is 37.3 Å². The number of para-hydroxylation sites is 1. The number of carbonyl (C=O) groups excluding carboxylic acids is 1. The molecule has 0 aromatic heterocycles. The quantitative estimate of drug-likeness (QED) is 0.728. The van der Waals surface area contributed by atoms with Crippen molar-refractivity contribution in [3.8, 4) is 0 Å². The molecule has 1 aliphatic rings. The molecule has 0 radical (unpaired) electrons. The fourth-order valence-electron chi connectivity index (χ4n) is 2.74. The van der Waals surface area contributed by atoms with Crippen molar-refractivity contribution in [2.45, 2.75) is 31.7 Å². The minimum atomic E-state index is -0.844. The van der Waals surface area contributed by atoms with Crippen molar-refractivity contribution in [2.24, 2.45) is 0 Å². The summed E-state index contributed by atoms with van der Waals surface area (Å²) in [5.74, 6) is -0.844. The van der Waals surface area contributed by atoms with Crippen LogP contribution in [0.4, 0.5) is 10.5 Å². The molecule has 1 unspecified atom stereocenters. The molecule has 3 N–H and O–H groups in total. The van der Waals surface area contributed by atoms with Gasteiger partial charge in [0.2, 0.25) is 0 Å². The lowest BCUT2D eigenvalue weighted by Crippen LogP contribution is -2.38. The van der Waals surface area contributed by atoms with Crippen LogP contribution in [0.3, 0.4) is 0 Å². The van der Waals surface area contributed by atoms with Crippen molar-refractivity contribution < 1.29 is 14.7 Å². The Bertz CT molecular complexity index is 533. The third-order valence-electron chi connectivity index (χ3n) is 3.87. The number of fused-ring (bicyclic) bond motifs is 1. The average Bonchev–Trinajstić information content (AvgIpc) is 2.64. The summed E-state index contributed by atoms with van der Waals surface area (Å²) in [6, 6.07) is 7.85. The molecule has 0 aliphatic carbocycles. The van der Waals surface area contributed by atoms with Gasteiger partial charge in [0.25, 0.3) is 0 Å². The summed E-state index contributed by atoms with van der Waals surface area (Å²) in [6.07, 6.45) is 2.41. The zero-order chi connectivity index (χ0) is 15.9. The molecule has 0 saturated heterocycles. The van der Waals surface area contributed by atoms with Gasteiger partial charge in [-0.1, -0.05) is 18.2 Å². The molecule has 1 heterocycles. The maximum absolute atomic E-state index is 12.0. The zero-order valence-corrected chi connectivity index (χ0v) is 12.8. The molecule has 0 saturated carbocycles. The first-order valence-corrected chi connectivity index (χ1v) is 7.64. The van der Waals surface area contributed by atoms with E-state index < -0.39 is 5.97 Å². The maximum atomic E-state index is 12.0. The van der Waals surface area contributed by atoms with Gasteiger partial charge in [-0.25, -0.2) is 4.79 Å². The Labute approximate surface area is 130 Å². The molecule has 2 rings (SSSR count). The highest BCUT2D eigenvalue weighted by Gasteiger charge is 2.22. The number of amides is 2. The number of benzene rings is 1. The van der Waals surface area contributed by atoms with Crippen LogP contribution < -0.4 is 15.5 Å². The normalized spacial score (nSPS) is 17.3. The standard InChI is InChI=1S/C16H23N3O3/c1-19-11-5-7-13(12-6-2-3-8-14(12)19)18-16(22)17-10-4-9-15(20)21/h2-3,6,8,13H,4-5,7,9-11H2,1H3,(H,20,21)(H2,17,18,22). The molecule has 1 aromatic rings. The number of urea groups is 1. The minimum Gasteiger partial charge on any atom is -0.481 e. The highest BCUT2D eigenvalue weighted by molar-refractivity contribution is 5.75. The second-order valence-electron chi connectivity index (χ2n) is 5.57. The Morgan fingerprint density at radius 2 is 2.14 bits per heavy atom. The third kappa shape index (κ3) is 4.38. The van der Waals surface area contributed by atoms with Gasteiger partial charge in [0.05, 0.1) is 6.04 Å². The molecule has 2 amide bonds. The number of hydrogen-bond donors (Lipinski definition) is 3. The number of carboxylic acids is 1. The highest BCUT2D eigenvalue weighted by atomic mass is 16.4. The lowest BCUT2D eigenvalue weighted by Gasteiger charge is -2.22. The van der Waals surface area contributed by atoms with Gasteiger partial charge in [0, 0.05) is 32.2 Å². The zero-order valence-electron chi connectivity index (χ0n) is 12.8. The first-order chi connectivity index (χ1) is 10.6. The average molecular weight is 305 g/mol. The number of aliphatic carboxylic acids is 1. The molecule has 1 atom stereocenters. The van der Waals surface area contributed by atoms with Crippen molar-refractivity contribution in [3.05, 3.63) is 29.8 Å². The van der Waals surface area contributed by atoms with Gasteiger partial charge < -0.3 is 20.6 Å². The molecule has 1 aliphatic heterocycles. The number of nitrogens with zero attached hydrogens (tertiary/aromatic N) is 1. The Hall–Kier alpha value is -2.24. The lowest BCUT2D eigenvalue weighted by molar-refractivity contribution is -0.137. The van der Waals surface area contributed by atoms with Crippen LogP contribution in [0.25, 0.3) is 0 Å². The summed E-state index contributed by atoms with van der Waals surface area (Å²) in [5, 5.41) is 14.3. The summed E-state index contributed by atoms with van der Waals surface area (Å²) < 4.78 is 0. The second-order valence-corrected chi connectivity index (χ2v) is 5.57. The predicted molar refractivity (Wildman–Crippen MR) is 85.1 cm³/mol. The van der Waals surface area contributed by atoms with Crippen molar-refractivity contribution in [1.82, 2.24) is 10.6 Å². The first-order valence-electron chi connectivity index (χ1n) is 7.64. The molecule has 0 fully saturated rings. The van der Waals surface area contributed by atoms with Gasteiger partial charge in [-0.15, -0.1) is 0 Å². The lowest BCUT2D eigenvalue weighted by atomic mass is 10.0. The van der Waals surface area contributed by atoms with Gasteiger partial charge in [-0.2, -0.15) is 0 Å². The Morgan fingerprint density at radius 3 is 2.91 bits per heavy atom. The van der Waals surface area contributed by atoms with E-state index in [1.165, 1.54) is 0 Å². The molecule has 0 spiro atoms. The van der Waals surface area contributed by atoms with Gasteiger partial charge >= 0.3 is 12.0 Å². The summed E-state index contributed by atoms with van der Waals surface area (Å²) in [7, 11) is 2.06. The van der Waals surface area contributed by atoms with Crippen LogP contribution in [0, 0.1) is 0 Å². The monoisotopic (exact) mass is 305 g/mol. The third-order valence-corrected chi connectivity index (χ3v) is 3.87. The van der Waals surface area contributed by atoms with E-state index in [0.717, 1.165) is 30.6 Å². The van der Waals surface area contributed by atoms with Crippen LogP contribution >= 0.6 is 0 Å². The smallest absolute Gasteiger partial charge is 0.315 e. The fourth-order valence-corrected chi connectivity index (χ4v) is 2.74. The van der Waals surface area contributed by atoms with Crippen LogP contribution in [0.15, 0.2) is 24.3 Å². The second kappa shape index (κ2) is 7.68. The molecule has 1 aromatic carbocycles. The first kappa shape index (κ1) is 16.1. The molecular weight excluding hydrogens is 282 g/mol. The Balaban J connectivity index is 1.93. The van der Waals surface area contributed by atoms with E-state index in [-0.39, 0.29) is 18.5 Å². The topological polar surface area (TPSA) is 81.7 Å². The van der Waals surface area contributed by atoms with Gasteiger partial charge in [0.1, 0.15) is 0 Å². The van der Waals surface area contributed by atoms with Gasteiger partial charge in [-0.3, -0.25) is 4.79 Å². The van der Waals surface area contributed by atoms with E-state index in [1.807, 2.05) is 18.2 Å². The van der Waals surface area contributed by atoms with Crippen LogP contribution in [0.2, 0.25) is 0 Å². The number of carboxylic acid groups (broad SMARTS) is 1. The van der Waals surface area contributed by atoms with Gasteiger partial charge in [0.15, 0.2) is 0 Å². The highest BCUT2D eigenvalue weighted by Crippen LogP contribution is 2.31. The molecule has 0 bridgehead atoms. The Morgan fingerprint density at radius 1 is 1.36 bits per heavy atom. The maximum Gasteiger partial charge on any atom is 0.315 e. The molecule has 6 heteroatoms. The summed E-state index contributed by atoms with van der Waals surface area (Å²) in [4.78, 5) is 24.6. The number of carbonyl (C=O) groups is 2. The molecule has 22 heavy (non-hydrogen) atoms. The number of hydrogen-bond acceptors (Lipinski definition) is 3. The van der Waals surface area contributed by atoms with E-state index in [4.69, 9.17) is 5.11 Å². The van der Waals surface area contributed by atoms with Crippen LogP contribution in [-0.4, -0.2) is 37.2 Å². The summed E-state index contributed by atoms with van der Waals surface area (Å²) >= 11 is 0. The van der Waals surface area contributed by atoms with E-state index in [2.05, 4.69) is 28.6 Å². The number of anilines is 1. The Kier molecular flexibility index (Phi) is 5.63. The largest absolute Gasteiger partial charge is 0.481 e. The summed E-state index contributed by atoms with van der Waals surface area (Å²) in [6.45, 7) is 1.34. The fraction of sp³-hybridized carbons (Fsp3) is 0.500. The molecule has 6 nitrogen and oxygen atoms in total. The molecular formula is C16H23N3O3. The van der Waals surface area contributed by atoms with E-state index >= 15 is 0 Å². The predicted octanol–water partition coefficient (Wildman–Crippen LogP) is 2.12. The van der Waals surface area contributed by atoms with Crippen molar-refractivity contribution >= 4 is 17.7 Å². The van der Waals surface area contributed by atoms with Crippen LogP contribution in [-0.2, 0) is 4.79 Å². The molecule has 120 valence electrons. The van der Waals surface area contributed by atoms with E-state index in [1.54, 1.807) is 0 Å². The minimum absolute atomic E-state index is 0.0133. The van der Waals surface area contributed by atoms with E-state index in [9.17, 15) is 9.59 Å². The number of rotatable bonds is 5. The SMILES string of the molecule is CN1CCCC(NC(=O)NCCCC(=O)O)c2ccccc21. The van der Waals surface area contributed by atoms with Gasteiger partial charge in [-0.05, 0) is 30.9 Å².